The molecule has 8 heteroatoms. The molecule has 0 aliphatic carbocycles. The summed E-state index contributed by atoms with van der Waals surface area (Å²) >= 11 is 0. The van der Waals surface area contributed by atoms with E-state index in [1.165, 1.54) is 18.2 Å². The smallest absolute Gasteiger partial charge is 0.228 e. The Labute approximate surface area is 160 Å². The normalized spacial score (nSPS) is 29.7. The highest BCUT2D eigenvalue weighted by molar-refractivity contribution is 6.00. The topological polar surface area (TPSA) is 126 Å². The molecule has 148 valence electrons. The largest absolute Gasteiger partial charge is 0.508 e. The summed E-state index contributed by atoms with van der Waals surface area (Å²) in [5, 5.41) is 38.7. The summed E-state index contributed by atoms with van der Waals surface area (Å²) in [6.07, 6.45) is -5.48. The molecule has 5 atom stereocenters. The second kappa shape index (κ2) is 7.40. The molecule has 4 rings (SSSR count). The third-order valence-corrected chi connectivity index (χ3v) is 4.86. The molecule has 0 aromatic heterocycles. The first-order chi connectivity index (χ1) is 13.4. The quantitative estimate of drug-likeness (QED) is 0.612. The maximum Gasteiger partial charge on any atom is 0.228 e. The lowest BCUT2D eigenvalue weighted by Crippen LogP contribution is -2.54. The van der Waals surface area contributed by atoms with Gasteiger partial charge in [0.15, 0.2) is 5.78 Å². The number of rotatable bonds is 3. The Morgan fingerprint density at radius 2 is 1.75 bits per heavy atom. The van der Waals surface area contributed by atoms with Gasteiger partial charge in [-0.05, 0) is 29.8 Å². The molecule has 0 bridgehead atoms. The summed E-state index contributed by atoms with van der Waals surface area (Å²) < 4.78 is 16.8. The molecule has 8 nitrogen and oxygen atoms in total. The van der Waals surface area contributed by atoms with Gasteiger partial charge in [-0.1, -0.05) is 12.1 Å². The van der Waals surface area contributed by atoms with Crippen molar-refractivity contribution in [2.45, 2.75) is 37.1 Å². The van der Waals surface area contributed by atoms with E-state index in [1.807, 2.05) is 0 Å². The van der Waals surface area contributed by atoms with Crippen molar-refractivity contribution >= 4 is 5.78 Å². The number of carbonyl (C=O) groups is 1. The van der Waals surface area contributed by atoms with Crippen LogP contribution in [-0.4, -0.2) is 57.4 Å². The highest BCUT2D eigenvalue weighted by atomic mass is 16.7. The van der Waals surface area contributed by atoms with Crippen LogP contribution in [0.4, 0.5) is 0 Å². The predicted molar refractivity (Wildman–Crippen MR) is 95.3 cm³/mol. The average Bonchev–Trinajstić information content (AvgIpc) is 2.69. The van der Waals surface area contributed by atoms with Gasteiger partial charge in [0.05, 0.1) is 18.6 Å². The van der Waals surface area contributed by atoms with Crippen LogP contribution in [0.15, 0.2) is 42.5 Å². The highest BCUT2D eigenvalue weighted by Crippen LogP contribution is 2.37. The fourth-order valence-electron chi connectivity index (χ4n) is 3.27. The Morgan fingerprint density at radius 3 is 2.50 bits per heavy atom. The lowest BCUT2D eigenvalue weighted by molar-refractivity contribution is -0.242. The van der Waals surface area contributed by atoms with Gasteiger partial charge in [0.1, 0.15) is 41.7 Å². The number of ether oxygens (including phenoxy) is 3. The van der Waals surface area contributed by atoms with Gasteiger partial charge in [0.25, 0.3) is 0 Å². The van der Waals surface area contributed by atoms with Gasteiger partial charge in [0.2, 0.25) is 6.29 Å². The van der Waals surface area contributed by atoms with Crippen LogP contribution in [0.25, 0.3) is 0 Å². The molecule has 2 aliphatic rings. The molecule has 2 aliphatic heterocycles. The number of ketones is 1. The maximum atomic E-state index is 12.5. The Kier molecular flexibility index (Phi) is 4.94. The van der Waals surface area contributed by atoms with Gasteiger partial charge in [0, 0.05) is 6.07 Å². The van der Waals surface area contributed by atoms with E-state index in [1.54, 1.807) is 24.3 Å². The van der Waals surface area contributed by atoms with Gasteiger partial charge >= 0.3 is 0 Å². The van der Waals surface area contributed by atoms with Gasteiger partial charge < -0.3 is 34.6 Å². The number of aliphatic hydroxyl groups is 3. The molecule has 1 saturated heterocycles. The standard InChI is InChI=1S/C20H20O8/c21-11-3-1-10(2-4-11)16-8-14(22)13-6-5-12(7-17(13)28-16)27-20-19(25)18(24)15(23)9-26-20/h1-7,15-16,18-21,23-25H,8-9H2/t15-,16?,18+,19-,20?/m1/s1. The molecule has 2 aromatic rings. The molecular formula is C20H20O8. The van der Waals surface area contributed by atoms with Crippen molar-refractivity contribution in [1.82, 2.24) is 0 Å². The Morgan fingerprint density at radius 1 is 1.00 bits per heavy atom. The number of aliphatic hydroxyl groups excluding tert-OH is 3. The van der Waals surface area contributed by atoms with Gasteiger partial charge in [-0.3, -0.25) is 4.79 Å². The Hall–Kier alpha value is -2.65. The number of aromatic hydroxyl groups is 1. The van der Waals surface area contributed by atoms with E-state index in [0.29, 0.717) is 11.3 Å². The fourth-order valence-corrected chi connectivity index (χ4v) is 3.27. The lowest BCUT2D eigenvalue weighted by Gasteiger charge is -2.35. The van der Waals surface area contributed by atoms with Crippen molar-refractivity contribution in [3.8, 4) is 17.2 Å². The summed E-state index contributed by atoms with van der Waals surface area (Å²) in [6, 6.07) is 11.1. The zero-order chi connectivity index (χ0) is 19.8. The SMILES string of the molecule is O=C1CC(c2ccc(O)cc2)Oc2cc(OC3OC[C@@H](O)[C@H](O)[C@H]3O)ccc21. The fraction of sp³-hybridized carbons (Fsp3) is 0.350. The van der Waals surface area contributed by atoms with E-state index in [9.17, 15) is 25.2 Å². The monoisotopic (exact) mass is 388 g/mol. The van der Waals surface area contributed by atoms with Crippen LogP contribution in [0.3, 0.4) is 0 Å². The van der Waals surface area contributed by atoms with E-state index >= 15 is 0 Å². The first kappa shape index (κ1) is 18.7. The number of carbonyl (C=O) groups excluding carboxylic acids is 1. The highest BCUT2D eigenvalue weighted by Gasteiger charge is 2.39. The van der Waals surface area contributed by atoms with E-state index in [2.05, 4.69) is 0 Å². The van der Waals surface area contributed by atoms with Gasteiger partial charge in [-0.25, -0.2) is 0 Å². The van der Waals surface area contributed by atoms with Crippen LogP contribution in [-0.2, 0) is 4.74 Å². The molecule has 2 aromatic carbocycles. The molecule has 2 heterocycles. The van der Waals surface area contributed by atoms with Crippen LogP contribution in [0.5, 0.6) is 17.2 Å². The molecule has 0 saturated carbocycles. The molecule has 1 fully saturated rings. The minimum Gasteiger partial charge on any atom is -0.508 e. The van der Waals surface area contributed by atoms with Crippen molar-refractivity contribution in [1.29, 1.82) is 0 Å². The third-order valence-electron chi connectivity index (χ3n) is 4.86. The van der Waals surface area contributed by atoms with E-state index in [-0.39, 0.29) is 30.3 Å². The number of phenols is 1. The van der Waals surface area contributed by atoms with E-state index in [0.717, 1.165) is 5.56 Å². The number of Topliss-reactive ketones (excluding diaryl/α,β-unsaturated/α-hetero) is 1. The number of benzene rings is 2. The van der Waals surface area contributed by atoms with Crippen LogP contribution < -0.4 is 9.47 Å². The zero-order valence-electron chi connectivity index (χ0n) is 14.8. The van der Waals surface area contributed by atoms with Crippen LogP contribution in [0.2, 0.25) is 0 Å². The second-order valence-corrected chi connectivity index (χ2v) is 6.85. The Bertz CT molecular complexity index is 865. The van der Waals surface area contributed by atoms with Crippen LogP contribution in [0.1, 0.15) is 28.4 Å². The summed E-state index contributed by atoms with van der Waals surface area (Å²) in [7, 11) is 0. The van der Waals surface area contributed by atoms with Gasteiger partial charge in [-0.15, -0.1) is 0 Å². The van der Waals surface area contributed by atoms with Crippen molar-refractivity contribution in [2.75, 3.05) is 6.61 Å². The summed E-state index contributed by atoms with van der Waals surface area (Å²) in [4.78, 5) is 12.5. The molecule has 0 amide bonds. The number of fused-ring (bicyclic) bond motifs is 1. The molecule has 0 spiro atoms. The zero-order valence-corrected chi connectivity index (χ0v) is 14.8. The second-order valence-electron chi connectivity index (χ2n) is 6.85. The van der Waals surface area contributed by atoms with Crippen molar-refractivity contribution in [3.63, 3.8) is 0 Å². The van der Waals surface area contributed by atoms with Crippen molar-refractivity contribution in [2.24, 2.45) is 0 Å². The van der Waals surface area contributed by atoms with E-state index < -0.39 is 30.7 Å². The average molecular weight is 388 g/mol. The Balaban J connectivity index is 1.54. The van der Waals surface area contributed by atoms with Crippen LogP contribution in [0, 0.1) is 0 Å². The van der Waals surface area contributed by atoms with Crippen molar-refractivity contribution < 1.29 is 39.4 Å². The molecule has 4 N–H and O–H groups in total. The first-order valence-corrected chi connectivity index (χ1v) is 8.87. The van der Waals surface area contributed by atoms with Gasteiger partial charge in [-0.2, -0.15) is 0 Å². The minimum atomic E-state index is -1.42. The summed E-state index contributed by atoms with van der Waals surface area (Å²) in [5.41, 5.74) is 1.18. The summed E-state index contributed by atoms with van der Waals surface area (Å²) in [5.74, 6) is 0.655. The van der Waals surface area contributed by atoms with Crippen molar-refractivity contribution in [3.05, 3.63) is 53.6 Å². The summed E-state index contributed by atoms with van der Waals surface area (Å²) in [6.45, 7) is -0.175. The minimum absolute atomic E-state index is 0.0848. The predicted octanol–water partition coefficient (Wildman–Crippen LogP) is 0.916. The number of hydrogen-bond acceptors (Lipinski definition) is 8. The molecule has 0 radical (unpaired) electrons. The first-order valence-electron chi connectivity index (χ1n) is 8.87. The lowest BCUT2D eigenvalue weighted by atomic mass is 9.96. The number of hydrogen-bond donors (Lipinski definition) is 4. The van der Waals surface area contributed by atoms with E-state index in [4.69, 9.17) is 14.2 Å². The molecular weight excluding hydrogens is 368 g/mol. The molecule has 28 heavy (non-hydrogen) atoms. The number of phenolic OH excluding ortho intramolecular Hbond substituents is 1. The molecule has 2 unspecified atom stereocenters. The third kappa shape index (κ3) is 3.55. The van der Waals surface area contributed by atoms with Crippen LogP contribution >= 0.6 is 0 Å². The maximum absolute atomic E-state index is 12.5.